The summed E-state index contributed by atoms with van der Waals surface area (Å²) in [5.74, 6) is 0.954. The van der Waals surface area contributed by atoms with E-state index in [4.69, 9.17) is 0 Å². The van der Waals surface area contributed by atoms with Crippen molar-refractivity contribution in [3.8, 4) is 0 Å². The Morgan fingerprint density at radius 1 is 1.21 bits per heavy atom. The number of thiol groups is 1. The molecule has 1 aromatic carbocycles. The van der Waals surface area contributed by atoms with Crippen LogP contribution in [0.25, 0.3) is 0 Å². The van der Waals surface area contributed by atoms with Crippen molar-refractivity contribution in [1.29, 1.82) is 0 Å². The number of anilines is 1. The summed E-state index contributed by atoms with van der Waals surface area (Å²) < 4.78 is 0. The van der Waals surface area contributed by atoms with Crippen molar-refractivity contribution >= 4 is 18.3 Å². The molecule has 2 heteroatoms. The van der Waals surface area contributed by atoms with E-state index in [9.17, 15) is 0 Å². The van der Waals surface area contributed by atoms with E-state index in [1.165, 1.54) is 16.8 Å². The monoisotopic (exact) mass is 209 g/mol. The SMILES string of the molecule is Cc1ccc(N(C)CCCS)cc1C. The maximum Gasteiger partial charge on any atom is 0.0366 e. The lowest BCUT2D eigenvalue weighted by Gasteiger charge is -2.19. The molecule has 0 N–H and O–H groups in total. The van der Waals surface area contributed by atoms with Gasteiger partial charge in [-0.3, -0.25) is 0 Å². The normalized spacial score (nSPS) is 10.3. The smallest absolute Gasteiger partial charge is 0.0366 e. The minimum absolute atomic E-state index is 0.954. The van der Waals surface area contributed by atoms with Crippen LogP contribution in [0, 0.1) is 13.8 Å². The molecule has 0 saturated heterocycles. The fourth-order valence-corrected chi connectivity index (χ4v) is 1.54. The van der Waals surface area contributed by atoms with E-state index in [0.29, 0.717) is 0 Å². The Morgan fingerprint density at radius 2 is 1.93 bits per heavy atom. The molecule has 1 aromatic rings. The first-order chi connectivity index (χ1) is 6.65. The Kier molecular flexibility index (Phi) is 4.33. The molecule has 0 radical (unpaired) electrons. The average Bonchev–Trinajstić information content (AvgIpc) is 2.18. The van der Waals surface area contributed by atoms with Crippen LogP contribution < -0.4 is 4.90 Å². The number of aryl methyl sites for hydroxylation is 2. The first-order valence-corrected chi connectivity index (χ1v) is 5.67. The van der Waals surface area contributed by atoms with Gasteiger partial charge in [0.05, 0.1) is 0 Å². The van der Waals surface area contributed by atoms with Gasteiger partial charge in [-0.05, 0) is 49.3 Å². The van der Waals surface area contributed by atoms with E-state index in [1.54, 1.807) is 0 Å². The van der Waals surface area contributed by atoms with Crippen LogP contribution >= 0.6 is 12.6 Å². The highest BCUT2D eigenvalue weighted by Crippen LogP contribution is 2.17. The molecule has 0 amide bonds. The third-order valence-corrected chi connectivity index (χ3v) is 2.90. The van der Waals surface area contributed by atoms with Gasteiger partial charge in [-0.15, -0.1) is 0 Å². The van der Waals surface area contributed by atoms with E-state index in [2.05, 4.69) is 56.6 Å². The third-order valence-electron chi connectivity index (χ3n) is 2.58. The van der Waals surface area contributed by atoms with Crippen molar-refractivity contribution in [3.63, 3.8) is 0 Å². The van der Waals surface area contributed by atoms with Crippen molar-refractivity contribution in [1.82, 2.24) is 0 Å². The first kappa shape index (κ1) is 11.4. The number of rotatable bonds is 4. The summed E-state index contributed by atoms with van der Waals surface area (Å²) in [5.41, 5.74) is 4.02. The molecule has 1 rings (SSSR count). The van der Waals surface area contributed by atoms with Crippen molar-refractivity contribution in [3.05, 3.63) is 29.3 Å². The molecule has 0 spiro atoms. The molecular weight excluding hydrogens is 190 g/mol. The van der Waals surface area contributed by atoms with Crippen LogP contribution in [0.3, 0.4) is 0 Å². The maximum atomic E-state index is 4.22. The molecule has 0 saturated carbocycles. The van der Waals surface area contributed by atoms with Gasteiger partial charge in [-0.25, -0.2) is 0 Å². The van der Waals surface area contributed by atoms with Gasteiger partial charge in [0.1, 0.15) is 0 Å². The Bertz CT molecular complexity index is 296. The van der Waals surface area contributed by atoms with Crippen molar-refractivity contribution in [2.45, 2.75) is 20.3 Å². The lowest BCUT2D eigenvalue weighted by Crippen LogP contribution is -2.18. The lowest BCUT2D eigenvalue weighted by molar-refractivity contribution is 0.860. The van der Waals surface area contributed by atoms with Gasteiger partial charge in [0.2, 0.25) is 0 Å². The topological polar surface area (TPSA) is 3.24 Å². The van der Waals surface area contributed by atoms with Crippen molar-refractivity contribution < 1.29 is 0 Å². The molecule has 0 atom stereocenters. The van der Waals surface area contributed by atoms with E-state index in [1.807, 2.05) is 0 Å². The molecule has 0 aliphatic rings. The van der Waals surface area contributed by atoms with Crippen LogP contribution in [0.4, 0.5) is 5.69 Å². The number of hydrogen-bond acceptors (Lipinski definition) is 2. The second kappa shape index (κ2) is 5.30. The lowest BCUT2D eigenvalue weighted by atomic mass is 10.1. The van der Waals surface area contributed by atoms with Gasteiger partial charge >= 0.3 is 0 Å². The van der Waals surface area contributed by atoms with E-state index >= 15 is 0 Å². The largest absolute Gasteiger partial charge is 0.375 e. The van der Waals surface area contributed by atoms with Crippen LogP contribution in [0.15, 0.2) is 18.2 Å². The molecule has 78 valence electrons. The number of benzene rings is 1. The highest BCUT2D eigenvalue weighted by atomic mass is 32.1. The summed E-state index contributed by atoms with van der Waals surface area (Å²) in [6, 6.07) is 6.61. The number of hydrogen-bond donors (Lipinski definition) is 1. The van der Waals surface area contributed by atoms with Crippen LogP contribution in [0.2, 0.25) is 0 Å². The van der Waals surface area contributed by atoms with E-state index in [0.717, 1.165) is 18.7 Å². The molecule has 0 heterocycles. The average molecular weight is 209 g/mol. The fraction of sp³-hybridized carbons (Fsp3) is 0.500. The second-order valence-corrected chi connectivity index (χ2v) is 4.21. The van der Waals surface area contributed by atoms with Gasteiger partial charge in [0.15, 0.2) is 0 Å². The molecule has 14 heavy (non-hydrogen) atoms. The molecule has 0 aromatic heterocycles. The Balaban J connectivity index is 2.70. The summed E-state index contributed by atoms with van der Waals surface area (Å²) in [4.78, 5) is 2.28. The quantitative estimate of drug-likeness (QED) is 0.746. The van der Waals surface area contributed by atoms with E-state index < -0.39 is 0 Å². The zero-order valence-corrected chi connectivity index (χ0v) is 10.1. The summed E-state index contributed by atoms with van der Waals surface area (Å²) in [6.07, 6.45) is 1.13. The highest BCUT2D eigenvalue weighted by Gasteiger charge is 2.01. The van der Waals surface area contributed by atoms with Crippen LogP contribution in [-0.4, -0.2) is 19.3 Å². The molecule has 0 aliphatic carbocycles. The minimum Gasteiger partial charge on any atom is -0.375 e. The molecular formula is C12H19NS. The summed E-state index contributed by atoms with van der Waals surface area (Å²) in [7, 11) is 2.13. The third kappa shape index (κ3) is 2.95. The Hall–Kier alpha value is -0.630. The first-order valence-electron chi connectivity index (χ1n) is 5.04. The minimum atomic E-state index is 0.954. The molecule has 0 unspecified atom stereocenters. The van der Waals surface area contributed by atoms with Crippen LogP contribution in [-0.2, 0) is 0 Å². The van der Waals surface area contributed by atoms with Crippen LogP contribution in [0.1, 0.15) is 17.5 Å². The Morgan fingerprint density at radius 3 is 2.50 bits per heavy atom. The zero-order valence-electron chi connectivity index (χ0n) is 9.25. The summed E-state index contributed by atoms with van der Waals surface area (Å²) in [5, 5.41) is 0. The predicted octanol–water partition coefficient (Wildman–Crippen LogP) is 3.06. The van der Waals surface area contributed by atoms with Gasteiger partial charge in [-0.2, -0.15) is 12.6 Å². The maximum absolute atomic E-state index is 4.22. The molecule has 0 fully saturated rings. The molecule has 0 aliphatic heterocycles. The molecule has 0 bridgehead atoms. The van der Waals surface area contributed by atoms with Crippen LogP contribution in [0.5, 0.6) is 0 Å². The fourth-order valence-electron chi connectivity index (χ4n) is 1.40. The van der Waals surface area contributed by atoms with Gasteiger partial charge in [0.25, 0.3) is 0 Å². The molecule has 1 nitrogen and oxygen atoms in total. The van der Waals surface area contributed by atoms with E-state index in [-0.39, 0.29) is 0 Å². The second-order valence-electron chi connectivity index (χ2n) is 3.77. The van der Waals surface area contributed by atoms with Gasteiger partial charge in [0, 0.05) is 19.3 Å². The summed E-state index contributed by atoms with van der Waals surface area (Å²) in [6.45, 7) is 5.38. The highest BCUT2D eigenvalue weighted by molar-refractivity contribution is 7.80. The van der Waals surface area contributed by atoms with Gasteiger partial charge in [-0.1, -0.05) is 6.07 Å². The van der Waals surface area contributed by atoms with Crippen molar-refractivity contribution in [2.75, 3.05) is 24.2 Å². The van der Waals surface area contributed by atoms with Crippen molar-refractivity contribution in [2.24, 2.45) is 0 Å². The Labute approximate surface area is 92.5 Å². The standard InChI is InChI=1S/C12H19NS/c1-10-5-6-12(9-11(10)2)13(3)7-4-8-14/h5-6,9,14H,4,7-8H2,1-3H3. The zero-order chi connectivity index (χ0) is 10.6. The van der Waals surface area contributed by atoms with Gasteiger partial charge < -0.3 is 4.90 Å². The summed E-state index contributed by atoms with van der Waals surface area (Å²) >= 11 is 4.22. The predicted molar refractivity (Wildman–Crippen MR) is 67.7 cm³/mol. The number of nitrogens with zero attached hydrogens (tertiary/aromatic N) is 1.